The van der Waals surface area contributed by atoms with Crippen LogP contribution in [0.25, 0.3) is 22.8 Å². The van der Waals surface area contributed by atoms with Gasteiger partial charge in [-0.1, -0.05) is 40.1 Å². The highest BCUT2D eigenvalue weighted by atomic mass is 79.9. The van der Waals surface area contributed by atoms with E-state index in [0.29, 0.717) is 22.8 Å². The molecule has 4 aromatic rings. The molecular weight excluding hydrogens is 484 g/mol. The molecule has 0 unspecified atom stereocenters. The molecule has 0 saturated carbocycles. The van der Waals surface area contributed by atoms with Gasteiger partial charge in [-0.3, -0.25) is 9.59 Å². The Balaban J connectivity index is 1.63. The molecule has 0 aliphatic heterocycles. The maximum atomic E-state index is 13.3. The van der Waals surface area contributed by atoms with Crippen molar-refractivity contribution >= 4 is 27.5 Å². The van der Waals surface area contributed by atoms with E-state index in [9.17, 15) is 9.59 Å². The largest absolute Gasteiger partial charge is 0.333 e. The Hall–Kier alpha value is -3.52. The zero-order valence-electron chi connectivity index (χ0n) is 18.6. The fraction of sp³-hybridized carbons (Fsp3) is 0.200. The van der Waals surface area contributed by atoms with Crippen LogP contribution in [0.15, 0.2) is 68.4 Å². The Kier molecular flexibility index (Phi) is 6.55. The van der Waals surface area contributed by atoms with Gasteiger partial charge in [0, 0.05) is 21.4 Å². The molecule has 1 amide bonds. The number of hydrogen-bond acceptors (Lipinski definition) is 5. The van der Waals surface area contributed by atoms with Gasteiger partial charge in [0.15, 0.2) is 0 Å². The van der Waals surface area contributed by atoms with E-state index in [4.69, 9.17) is 4.52 Å². The molecule has 2 heterocycles. The number of carbonyl (C=O) groups is 1. The van der Waals surface area contributed by atoms with Crippen molar-refractivity contribution < 1.29 is 9.32 Å². The average molecular weight is 507 g/mol. The van der Waals surface area contributed by atoms with Crippen LogP contribution in [0.5, 0.6) is 0 Å². The van der Waals surface area contributed by atoms with Gasteiger partial charge in [0.25, 0.3) is 11.4 Å². The van der Waals surface area contributed by atoms with Crippen molar-refractivity contribution in [3.63, 3.8) is 0 Å². The van der Waals surface area contributed by atoms with E-state index in [0.717, 1.165) is 22.0 Å². The Morgan fingerprint density at radius 2 is 1.88 bits per heavy atom. The van der Waals surface area contributed by atoms with E-state index in [1.807, 2.05) is 61.5 Å². The summed E-state index contributed by atoms with van der Waals surface area (Å²) in [5.41, 5.74) is 3.91. The molecule has 2 aromatic carbocycles. The lowest BCUT2D eigenvalue weighted by Crippen LogP contribution is -2.30. The van der Waals surface area contributed by atoms with Crippen molar-refractivity contribution in [1.82, 2.24) is 14.7 Å². The first-order chi connectivity index (χ1) is 15.9. The summed E-state index contributed by atoms with van der Waals surface area (Å²) >= 11 is 3.40. The van der Waals surface area contributed by atoms with Crippen LogP contribution < -0.4 is 10.9 Å². The lowest BCUT2D eigenvalue weighted by atomic mass is 10.1. The highest BCUT2D eigenvalue weighted by Gasteiger charge is 2.20. The van der Waals surface area contributed by atoms with Gasteiger partial charge in [-0.15, -0.1) is 0 Å². The Morgan fingerprint density at radius 1 is 1.12 bits per heavy atom. The molecule has 0 bridgehead atoms. The summed E-state index contributed by atoms with van der Waals surface area (Å²) in [6.45, 7) is 5.54. The number of nitrogens with zero attached hydrogens (tertiary/aromatic N) is 3. The molecule has 0 aliphatic rings. The summed E-state index contributed by atoms with van der Waals surface area (Å²) in [5, 5.41) is 6.90. The van der Waals surface area contributed by atoms with Crippen LogP contribution in [0.1, 0.15) is 23.7 Å². The number of halogens is 1. The molecule has 0 fully saturated rings. The van der Waals surface area contributed by atoms with Crippen molar-refractivity contribution in [2.24, 2.45) is 0 Å². The molecule has 0 atom stereocenters. The fourth-order valence-corrected chi connectivity index (χ4v) is 3.90. The topological polar surface area (TPSA) is 90.0 Å². The van der Waals surface area contributed by atoms with Gasteiger partial charge in [0.05, 0.1) is 0 Å². The maximum absolute atomic E-state index is 13.3. The Labute approximate surface area is 199 Å². The summed E-state index contributed by atoms with van der Waals surface area (Å²) in [6.07, 6.45) is 0.871. The van der Waals surface area contributed by atoms with Gasteiger partial charge in [-0.05, 0) is 73.9 Å². The summed E-state index contributed by atoms with van der Waals surface area (Å²) in [4.78, 5) is 30.5. The molecule has 33 heavy (non-hydrogen) atoms. The standard InChI is InChI=1S/C25H23BrN4O3/c1-4-17-6-5-7-20(13-17)27-21(31)14-30-16(3)12-15(2)22(25(30)32)24-28-23(29-33-24)18-8-10-19(26)11-9-18/h5-13H,4,14H2,1-3H3,(H,27,31). The van der Waals surface area contributed by atoms with Crippen molar-refractivity contribution in [3.8, 4) is 22.8 Å². The number of aryl methyl sites for hydroxylation is 3. The average Bonchev–Trinajstić information content (AvgIpc) is 3.26. The third-order valence-corrected chi connectivity index (χ3v) is 5.90. The third-order valence-electron chi connectivity index (χ3n) is 5.37. The highest BCUT2D eigenvalue weighted by Crippen LogP contribution is 2.24. The number of carbonyl (C=O) groups excluding carboxylic acids is 1. The molecule has 0 spiro atoms. The van der Waals surface area contributed by atoms with Crippen LogP contribution in [-0.2, 0) is 17.8 Å². The minimum absolute atomic E-state index is 0.123. The number of benzene rings is 2. The first-order valence-corrected chi connectivity index (χ1v) is 11.3. The minimum Gasteiger partial charge on any atom is -0.333 e. The molecule has 7 nitrogen and oxygen atoms in total. The molecule has 8 heteroatoms. The molecular formula is C25H23BrN4O3. The number of aromatic nitrogens is 3. The van der Waals surface area contributed by atoms with Crippen molar-refractivity contribution in [3.05, 3.63) is 86.2 Å². The molecule has 1 N–H and O–H groups in total. The van der Waals surface area contributed by atoms with Crippen molar-refractivity contribution in [2.75, 3.05) is 5.32 Å². The van der Waals surface area contributed by atoms with Gasteiger partial charge >= 0.3 is 0 Å². The predicted molar refractivity (Wildman–Crippen MR) is 131 cm³/mol. The van der Waals surface area contributed by atoms with Crippen molar-refractivity contribution in [1.29, 1.82) is 0 Å². The van der Waals surface area contributed by atoms with E-state index >= 15 is 0 Å². The number of rotatable bonds is 6. The van der Waals surface area contributed by atoms with E-state index < -0.39 is 0 Å². The maximum Gasteiger partial charge on any atom is 0.264 e. The van der Waals surface area contributed by atoms with Crippen LogP contribution in [0.3, 0.4) is 0 Å². The molecule has 168 valence electrons. The number of amides is 1. The summed E-state index contributed by atoms with van der Waals surface area (Å²) < 4.78 is 7.79. The monoisotopic (exact) mass is 506 g/mol. The van der Waals surface area contributed by atoms with E-state index in [1.165, 1.54) is 4.57 Å². The van der Waals surface area contributed by atoms with E-state index in [1.54, 1.807) is 6.92 Å². The van der Waals surface area contributed by atoms with E-state index in [-0.39, 0.29) is 29.5 Å². The number of nitrogens with one attached hydrogen (secondary N) is 1. The van der Waals surface area contributed by atoms with Gasteiger partial charge in [-0.25, -0.2) is 0 Å². The highest BCUT2D eigenvalue weighted by molar-refractivity contribution is 9.10. The molecule has 0 radical (unpaired) electrons. The number of hydrogen-bond donors (Lipinski definition) is 1. The van der Waals surface area contributed by atoms with Crippen LogP contribution >= 0.6 is 15.9 Å². The molecule has 4 rings (SSSR count). The molecule has 0 aliphatic carbocycles. The van der Waals surface area contributed by atoms with Crippen LogP contribution in [0.4, 0.5) is 5.69 Å². The normalized spacial score (nSPS) is 10.9. The van der Waals surface area contributed by atoms with Gasteiger partial charge in [0.1, 0.15) is 12.1 Å². The summed E-state index contributed by atoms with van der Waals surface area (Å²) in [5.74, 6) is 0.224. The van der Waals surface area contributed by atoms with Crippen LogP contribution in [0.2, 0.25) is 0 Å². The fourth-order valence-electron chi connectivity index (χ4n) is 3.64. The number of anilines is 1. The third kappa shape index (κ3) is 4.96. The SMILES string of the molecule is CCc1cccc(NC(=O)Cn2c(C)cc(C)c(-c3nc(-c4ccc(Br)cc4)no3)c2=O)c1. The van der Waals surface area contributed by atoms with Gasteiger partial charge in [0.2, 0.25) is 11.7 Å². The Morgan fingerprint density at radius 3 is 2.61 bits per heavy atom. The lowest BCUT2D eigenvalue weighted by molar-refractivity contribution is -0.116. The molecule has 0 saturated heterocycles. The first-order valence-electron chi connectivity index (χ1n) is 10.6. The number of pyridine rings is 1. The predicted octanol–water partition coefficient (Wildman–Crippen LogP) is 5.15. The smallest absolute Gasteiger partial charge is 0.264 e. The van der Waals surface area contributed by atoms with Crippen molar-refractivity contribution in [2.45, 2.75) is 33.7 Å². The quantitative estimate of drug-likeness (QED) is 0.390. The van der Waals surface area contributed by atoms with E-state index in [2.05, 4.69) is 38.3 Å². The second kappa shape index (κ2) is 9.54. The first kappa shape index (κ1) is 22.7. The Bertz CT molecular complexity index is 1370. The zero-order chi connectivity index (χ0) is 23.5. The van der Waals surface area contributed by atoms with Crippen LogP contribution in [-0.4, -0.2) is 20.6 Å². The second-order valence-electron chi connectivity index (χ2n) is 7.77. The van der Waals surface area contributed by atoms with Gasteiger partial charge < -0.3 is 14.4 Å². The lowest BCUT2D eigenvalue weighted by Gasteiger charge is -2.13. The molecule has 2 aromatic heterocycles. The minimum atomic E-state index is -0.351. The van der Waals surface area contributed by atoms with Gasteiger partial charge in [-0.2, -0.15) is 4.98 Å². The zero-order valence-corrected chi connectivity index (χ0v) is 20.1. The second-order valence-corrected chi connectivity index (χ2v) is 8.68. The van der Waals surface area contributed by atoms with Crippen LogP contribution in [0, 0.1) is 13.8 Å². The summed E-state index contributed by atoms with van der Waals surface area (Å²) in [7, 11) is 0. The summed E-state index contributed by atoms with van der Waals surface area (Å²) in [6, 6.07) is 17.0.